The Kier molecular flexibility index (Phi) is 5.16. The van der Waals surface area contributed by atoms with E-state index in [0.717, 1.165) is 43.2 Å². The third kappa shape index (κ3) is 3.93. The Labute approximate surface area is 145 Å². The Bertz CT molecular complexity index is 558. The number of rotatable bonds is 3. The van der Waals surface area contributed by atoms with Gasteiger partial charge in [-0.3, -0.25) is 0 Å². The number of aliphatic imine (C=N–C) groups is 1. The summed E-state index contributed by atoms with van der Waals surface area (Å²) in [5.41, 5.74) is -0.00981. The van der Waals surface area contributed by atoms with Crippen molar-refractivity contribution < 1.29 is 4.42 Å². The minimum Gasteiger partial charge on any atom is -0.443 e. The molecule has 3 rings (SSSR count). The van der Waals surface area contributed by atoms with Gasteiger partial charge in [-0.25, -0.2) is 9.98 Å². The second kappa shape index (κ2) is 7.16. The molecule has 24 heavy (non-hydrogen) atoms. The van der Waals surface area contributed by atoms with Gasteiger partial charge in [0.25, 0.3) is 0 Å². The van der Waals surface area contributed by atoms with Crippen LogP contribution in [0.3, 0.4) is 0 Å². The summed E-state index contributed by atoms with van der Waals surface area (Å²) in [6.45, 7) is 12.2. The van der Waals surface area contributed by atoms with Crippen LogP contribution >= 0.6 is 0 Å². The molecule has 0 bridgehead atoms. The first-order valence-electron chi connectivity index (χ1n) is 9.46. The fourth-order valence-electron chi connectivity index (χ4n) is 3.88. The molecule has 0 radical (unpaired) electrons. The first kappa shape index (κ1) is 17.3. The number of oxazole rings is 1. The summed E-state index contributed by atoms with van der Waals surface area (Å²) in [7, 11) is 0. The summed E-state index contributed by atoms with van der Waals surface area (Å²) in [6, 6.07) is 0. The Balaban J connectivity index is 1.67. The molecule has 2 aliphatic rings. The first-order valence-corrected chi connectivity index (χ1v) is 9.46. The molecule has 2 unspecified atom stereocenters. The Morgan fingerprint density at radius 1 is 1.29 bits per heavy atom. The zero-order valence-corrected chi connectivity index (χ0v) is 15.6. The first-order chi connectivity index (χ1) is 11.5. The van der Waals surface area contributed by atoms with Gasteiger partial charge in [0.15, 0.2) is 5.96 Å². The summed E-state index contributed by atoms with van der Waals surface area (Å²) in [5.74, 6) is 4.35. The standard InChI is InChI=1S/C19H32N4O/c1-5-20-18(23-12-14-8-6-7-9-15(14)13-23)22-11-17-21-10-16(24-17)19(2,3)4/h10,14-15H,5-9,11-13H2,1-4H3,(H,20,22). The van der Waals surface area contributed by atoms with E-state index in [-0.39, 0.29) is 5.41 Å². The lowest BCUT2D eigenvalue weighted by molar-refractivity contribution is 0.299. The van der Waals surface area contributed by atoms with Crippen molar-refractivity contribution in [2.75, 3.05) is 19.6 Å². The highest BCUT2D eigenvalue weighted by Gasteiger charge is 2.35. The molecule has 1 saturated carbocycles. The van der Waals surface area contributed by atoms with E-state index in [0.29, 0.717) is 12.4 Å². The normalized spacial score (nSPS) is 25.0. The van der Waals surface area contributed by atoms with E-state index in [2.05, 4.69) is 42.9 Å². The molecule has 1 aliphatic carbocycles. The highest BCUT2D eigenvalue weighted by Crippen LogP contribution is 2.36. The SMILES string of the molecule is CCNC(=NCc1ncc(C(C)(C)C)o1)N1CC2CCCCC2C1. The summed E-state index contributed by atoms with van der Waals surface area (Å²) in [4.78, 5) is 11.6. The Morgan fingerprint density at radius 2 is 1.96 bits per heavy atom. The molecule has 5 nitrogen and oxygen atoms in total. The maximum atomic E-state index is 5.87. The molecular weight excluding hydrogens is 300 g/mol. The van der Waals surface area contributed by atoms with E-state index in [1.165, 1.54) is 25.7 Å². The zero-order valence-electron chi connectivity index (χ0n) is 15.6. The van der Waals surface area contributed by atoms with Gasteiger partial charge in [0.1, 0.15) is 12.3 Å². The second-order valence-corrected chi connectivity index (χ2v) is 8.25. The summed E-state index contributed by atoms with van der Waals surface area (Å²) >= 11 is 0. The minimum absolute atomic E-state index is 0.00981. The lowest BCUT2D eigenvalue weighted by Crippen LogP contribution is -2.40. The van der Waals surface area contributed by atoms with E-state index >= 15 is 0 Å². The molecule has 0 amide bonds. The maximum Gasteiger partial charge on any atom is 0.216 e. The van der Waals surface area contributed by atoms with Crippen LogP contribution in [-0.4, -0.2) is 35.5 Å². The molecule has 134 valence electrons. The number of nitrogens with zero attached hydrogens (tertiary/aromatic N) is 3. The van der Waals surface area contributed by atoms with Crippen LogP contribution in [0.5, 0.6) is 0 Å². The summed E-state index contributed by atoms with van der Waals surface area (Å²) in [6.07, 6.45) is 7.40. The van der Waals surface area contributed by atoms with Crippen molar-refractivity contribution in [3.8, 4) is 0 Å². The largest absolute Gasteiger partial charge is 0.443 e. The average molecular weight is 332 g/mol. The quantitative estimate of drug-likeness (QED) is 0.679. The molecule has 1 saturated heterocycles. The third-order valence-electron chi connectivity index (χ3n) is 5.27. The zero-order chi connectivity index (χ0) is 17.2. The van der Waals surface area contributed by atoms with Crippen molar-refractivity contribution in [2.24, 2.45) is 16.8 Å². The van der Waals surface area contributed by atoms with Crippen LogP contribution in [-0.2, 0) is 12.0 Å². The molecular formula is C19H32N4O. The van der Waals surface area contributed by atoms with Gasteiger partial charge in [0.05, 0.1) is 6.20 Å². The lowest BCUT2D eigenvalue weighted by atomic mass is 9.82. The molecule has 1 N–H and O–H groups in total. The van der Waals surface area contributed by atoms with Crippen LogP contribution in [0.15, 0.2) is 15.6 Å². The van der Waals surface area contributed by atoms with Crippen molar-refractivity contribution in [2.45, 2.75) is 65.3 Å². The summed E-state index contributed by atoms with van der Waals surface area (Å²) in [5, 5.41) is 3.45. The van der Waals surface area contributed by atoms with Gasteiger partial charge >= 0.3 is 0 Å². The second-order valence-electron chi connectivity index (χ2n) is 8.25. The number of hydrogen-bond acceptors (Lipinski definition) is 3. The number of hydrogen-bond donors (Lipinski definition) is 1. The fraction of sp³-hybridized carbons (Fsp3) is 0.789. The predicted molar refractivity (Wildman–Crippen MR) is 97.0 cm³/mol. The molecule has 5 heteroatoms. The minimum atomic E-state index is -0.00981. The van der Waals surface area contributed by atoms with Crippen molar-refractivity contribution in [3.63, 3.8) is 0 Å². The fourth-order valence-corrected chi connectivity index (χ4v) is 3.88. The van der Waals surface area contributed by atoms with Crippen molar-refractivity contribution in [3.05, 3.63) is 17.8 Å². The van der Waals surface area contributed by atoms with Crippen molar-refractivity contribution in [1.29, 1.82) is 0 Å². The van der Waals surface area contributed by atoms with Gasteiger partial charge in [-0.1, -0.05) is 33.6 Å². The van der Waals surface area contributed by atoms with Gasteiger partial charge < -0.3 is 14.6 Å². The number of nitrogens with one attached hydrogen (secondary N) is 1. The molecule has 1 aromatic heterocycles. The number of likely N-dealkylation sites (tertiary alicyclic amines) is 1. The predicted octanol–water partition coefficient (Wildman–Crippen LogP) is 3.56. The van der Waals surface area contributed by atoms with E-state index in [1.54, 1.807) is 0 Å². The Hall–Kier alpha value is -1.52. The van der Waals surface area contributed by atoms with E-state index in [1.807, 2.05) is 6.20 Å². The number of fused-ring (bicyclic) bond motifs is 1. The van der Waals surface area contributed by atoms with Crippen LogP contribution in [0.2, 0.25) is 0 Å². The molecule has 1 aliphatic heterocycles. The van der Waals surface area contributed by atoms with Gasteiger partial charge in [-0.05, 0) is 31.6 Å². The van der Waals surface area contributed by atoms with E-state index in [9.17, 15) is 0 Å². The smallest absolute Gasteiger partial charge is 0.216 e. The molecule has 2 fully saturated rings. The van der Waals surface area contributed by atoms with Gasteiger partial charge in [-0.2, -0.15) is 0 Å². The number of aromatic nitrogens is 1. The highest BCUT2D eigenvalue weighted by atomic mass is 16.4. The van der Waals surface area contributed by atoms with E-state index in [4.69, 9.17) is 9.41 Å². The highest BCUT2D eigenvalue weighted by molar-refractivity contribution is 5.80. The average Bonchev–Trinajstić information content (AvgIpc) is 3.17. The monoisotopic (exact) mass is 332 g/mol. The van der Waals surface area contributed by atoms with Crippen LogP contribution in [0.1, 0.15) is 65.0 Å². The molecule has 2 atom stereocenters. The summed E-state index contributed by atoms with van der Waals surface area (Å²) < 4.78 is 5.87. The van der Waals surface area contributed by atoms with Gasteiger partial charge in [0, 0.05) is 25.0 Å². The van der Waals surface area contributed by atoms with Crippen LogP contribution in [0.25, 0.3) is 0 Å². The van der Waals surface area contributed by atoms with Crippen molar-refractivity contribution in [1.82, 2.24) is 15.2 Å². The lowest BCUT2D eigenvalue weighted by Gasteiger charge is -2.22. The molecule has 2 heterocycles. The topological polar surface area (TPSA) is 53.7 Å². The Morgan fingerprint density at radius 3 is 2.50 bits per heavy atom. The molecule has 0 aromatic carbocycles. The molecule has 0 spiro atoms. The third-order valence-corrected chi connectivity index (χ3v) is 5.27. The van der Waals surface area contributed by atoms with Gasteiger partial charge in [0.2, 0.25) is 5.89 Å². The van der Waals surface area contributed by atoms with Crippen LogP contribution < -0.4 is 5.32 Å². The maximum absolute atomic E-state index is 5.87. The number of guanidine groups is 1. The van der Waals surface area contributed by atoms with Crippen LogP contribution in [0, 0.1) is 11.8 Å². The van der Waals surface area contributed by atoms with E-state index < -0.39 is 0 Å². The van der Waals surface area contributed by atoms with Crippen molar-refractivity contribution >= 4 is 5.96 Å². The molecule has 1 aromatic rings. The van der Waals surface area contributed by atoms with Crippen LogP contribution in [0.4, 0.5) is 0 Å². The van der Waals surface area contributed by atoms with Gasteiger partial charge in [-0.15, -0.1) is 0 Å².